The number of thiophene rings is 1. The van der Waals surface area contributed by atoms with Crippen molar-refractivity contribution in [3.8, 4) is 0 Å². The zero-order valence-electron chi connectivity index (χ0n) is 18.5. The van der Waals surface area contributed by atoms with Gasteiger partial charge in [-0.3, -0.25) is 0 Å². The number of piperazine rings is 1. The lowest BCUT2D eigenvalue weighted by Crippen LogP contribution is -2.55. The van der Waals surface area contributed by atoms with Gasteiger partial charge in [-0.2, -0.15) is 4.31 Å². The smallest absolute Gasteiger partial charge is 0.252 e. The van der Waals surface area contributed by atoms with E-state index in [9.17, 15) is 13.5 Å². The third kappa shape index (κ3) is 5.16. The second-order valence-electron chi connectivity index (χ2n) is 9.49. The van der Waals surface area contributed by atoms with Crippen molar-refractivity contribution in [2.45, 2.75) is 68.2 Å². The van der Waals surface area contributed by atoms with Crippen LogP contribution in [0.3, 0.4) is 0 Å². The van der Waals surface area contributed by atoms with Crippen LogP contribution in [-0.4, -0.2) is 43.5 Å². The number of rotatable bonds is 6. The molecule has 2 fully saturated rings. The monoisotopic (exact) mass is 462 g/mol. The molecule has 2 aromatic rings. The fourth-order valence-corrected chi connectivity index (χ4v) is 7.61. The van der Waals surface area contributed by atoms with E-state index in [0.717, 1.165) is 17.7 Å². The summed E-state index contributed by atoms with van der Waals surface area (Å²) >= 11 is 1.29. The normalized spacial score (nSPS) is 22.0. The van der Waals surface area contributed by atoms with Gasteiger partial charge < -0.3 is 10.0 Å². The van der Waals surface area contributed by atoms with Crippen molar-refractivity contribution < 1.29 is 13.5 Å². The van der Waals surface area contributed by atoms with Gasteiger partial charge in [0.25, 0.3) is 10.0 Å². The first-order valence-corrected chi connectivity index (χ1v) is 13.7. The number of aliphatic hydroxyl groups is 1. The maximum Gasteiger partial charge on any atom is 0.252 e. The van der Waals surface area contributed by atoms with E-state index in [4.69, 9.17) is 0 Å². The molecule has 4 rings (SSSR count). The number of sulfonamides is 1. The maximum atomic E-state index is 13.2. The second-order valence-corrected chi connectivity index (χ2v) is 12.6. The van der Waals surface area contributed by atoms with Crippen molar-refractivity contribution >= 4 is 27.0 Å². The average Bonchev–Trinajstić information content (AvgIpc) is 3.30. The van der Waals surface area contributed by atoms with Gasteiger partial charge in [0.1, 0.15) is 4.21 Å². The Labute approximate surface area is 190 Å². The van der Waals surface area contributed by atoms with Crippen LogP contribution in [0.15, 0.2) is 46.0 Å². The van der Waals surface area contributed by atoms with Gasteiger partial charge in [-0.25, -0.2) is 8.42 Å². The Morgan fingerprint density at radius 3 is 2.39 bits per heavy atom. The molecule has 0 bridgehead atoms. The van der Waals surface area contributed by atoms with Gasteiger partial charge in [0.2, 0.25) is 0 Å². The predicted molar refractivity (Wildman–Crippen MR) is 127 cm³/mol. The van der Waals surface area contributed by atoms with E-state index in [1.807, 2.05) is 17.5 Å². The highest BCUT2D eigenvalue weighted by molar-refractivity contribution is 7.91. The molecule has 2 heterocycles. The summed E-state index contributed by atoms with van der Waals surface area (Å²) < 4.78 is 28.5. The Balaban J connectivity index is 1.57. The Bertz CT molecular complexity index is 944. The topological polar surface area (TPSA) is 60.9 Å². The fourth-order valence-electron chi connectivity index (χ4n) is 4.99. The third-order valence-corrected chi connectivity index (χ3v) is 10.0. The first-order valence-electron chi connectivity index (χ1n) is 11.4. The van der Waals surface area contributed by atoms with Crippen molar-refractivity contribution in [3.05, 3.63) is 47.3 Å². The highest BCUT2D eigenvalue weighted by atomic mass is 32.2. The molecule has 170 valence electrons. The van der Waals surface area contributed by atoms with Crippen molar-refractivity contribution in [2.24, 2.45) is 5.92 Å². The van der Waals surface area contributed by atoms with Crippen LogP contribution in [0, 0.1) is 5.92 Å². The SMILES string of the molecule is CC(C)(O)c1ccc(N2CCN(S(=O)(=O)c3cccs3)C[C@@H]2CC2CCCCC2)cc1. The quantitative estimate of drug-likeness (QED) is 0.668. The van der Waals surface area contributed by atoms with Crippen LogP contribution in [0.1, 0.15) is 57.9 Å². The Morgan fingerprint density at radius 1 is 1.06 bits per heavy atom. The zero-order valence-corrected chi connectivity index (χ0v) is 20.2. The lowest BCUT2D eigenvalue weighted by molar-refractivity contribution is 0.0786. The van der Waals surface area contributed by atoms with Crippen LogP contribution in [0.25, 0.3) is 0 Å². The van der Waals surface area contributed by atoms with Crippen molar-refractivity contribution in [2.75, 3.05) is 24.5 Å². The van der Waals surface area contributed by atoms with Gasteiger partial charge in [-0.05, 0) is 55.3 Å². The highest BCUT2D eigenvalue weighted by Crippen LogP contribution is 2.34. The molecule has 5 nitrogen and oxygen atoms in total. The van der Waals surface area contributed by atoms with Gasteiger partial charge in [0.15, 0.2) is 0 Å². The lowest BCUT2D eigenvalue weighted by Gasteiger charge is -2.44. The van der Waals surface area contributed by atoms with E-state index >= 15 is 0 Å². The van der Waals surface area contributed by atoms with Gasteiger partial charge >= 0.3 is 0 Å². The molecular weight excluding hydrogens is 428 g/mol. The van der Waals surface area contributed by atoms with Crippen LogP contribution in [0.2, 0.25) is 0 Å². The molecule has 7 heteroatoms. The van der Waals surface area contributed by atoms with Crippen LogP contribution >= 0.6 is 11.3 Å². The molecule has 1 N–H and O–H groups in total. The Kier molecular flexibility index (Phi) is 6.77. The summed E-state index contributed by atoms with van der Waals surface area (Å²) in [5.41, 5.74) is 1.13. The molecule has 1 aromatic heterocycles. The minimum atomic E-state index is -3.43. The van der Waals surface area contributed by atoms with Gasteiger partial charge in [0.05, 0.1) is 5.60 Å². The Morgan fingerprint density at radius 2 is 1.77 bits per heavy atom. The molecule has 31 heavy (non-hydrogen) atoms. The Hall–Kier alpha value is -1.41. The molecule has 1 aliphatic heterocycles. The molecule has 0 spiro atoms. The van der Waals surface area contributed by atoms with E-state index in [1.165, 1.54) is 43.4 Å². The average molecular weight is 463 g/mol. The van der Waals surface area contributed by atoms with Crippen molar-refractivity contribution in [3.63, 3.8) is 0 Å². The number of hydrogen-bond acceptors (Lipinski definition) is 5. The minimum Gasteiger partial charge on any atom is -0.386 e. The third-order valence-electron chi connectivity index (χ3n) is 6.77. The summed E-state index contributed by atoms with van der Waals surface area (Å²) in [6.45, 7) is 5.30. The zero-order chi connectivity index (χ0) is 22.1. The maximum absolute atomic E-state index is 13.2. The fraction of sp³-hybridized carbons (Fsp3) is 0.583. The first-order chi connectivity index (χ1) is 14.7. The van der Waals surface area contributed by atoms with Crippen molar-refractivity contribution in [1.82, 2.24) is 4.31 Å². The minimum absolute atomic E-state index is 0.166. The number of nitrogens with zero attached hydrogens (tertiary/aromatic N) is 2. The molecule has 0 amide bonds. The van der Waals surface area contributed by atoms with Gasteiger partial charge in [0, 0.05) is 31.4 Å². The molecule has 2 aliphatic rings. The number of anilines is 1. The summed E-state index contributed by atoms with van der Waals surface area (Å²) in [4.78, 5) is 2.39. The van der Waals surface area contributed by atoms with E-state index in [2.05, 4.69) is 17.0 Å². The predicted octanol–water partition coefficient (Wildman–Crippen LogP) is 4.83. The summed E-state index contributed by atoms with van der Waals surface area (Å²) in [5.74, 6) is 0.668. The molecular formula is C24H34N2O3S2. The first kappa shape index (κ1) is 22.8. The van der Waals surface area contributed by atoms with Crippen molar-refractivity contribution in [1.29, 1.82) is 0 Å². The molecule has 1 aliphatic carbocycles. The second kappa shape index (κ2) is 9.22. The lowest BCUT2D eigenvalue weighted by atomic mass is 9.84. The molecule has 0 unspecified atom stereocenters. The molecule has 1 saturated heterocycles. The molecule has 1 aromatic carbocycles. The van der Waals surface area contributed by atoms with E-state index < -0.39 is 15.6 Å². The van der Waals surface area contributed by atoms with Crippen LogP contribution < -0.4 is 4.90 Å². The summed E-state index contributed by atoms with van der Waals surface area (Å²) in [7, 11) is -3.43. The standard InChI is InChI=1S/C24H34N2O3S2/c1-24(2,27)20-10-12-21(13-11-20)26-15-14-25(31(28,29)23-9-6-16-30-23)18-22(26)17-19-7-4-3-5-8-19/h6,9-13,16,19,22,27H,3-5,7-8,14-15,17-18H2,1-2H3/t22-/m0/s1. The van der Waals surface area contributed by atoms with Crippen LogP contribution in [0.4, 0.5) is 5.69 Å². The largest absolute Gasteiger partial charge is 0.386 e. The molecule has 1 atom stereocenters. The van der Waals surface area contributed by atoms with Crippen LogP contribution in [-0.2, 0) is 15.6 Å². The molecule has 1 saturated carbocycles. The summed E-state index contributed by atoms with van der Waals surface area (Å²) in [6, 6.07) is 11.8. The van der Waals surface area contributed by atoms with Gasteiger partial charge in [-0.1, -0.05) is 50.3 Å². The number of hydrogen-bond donors (Lipinski definition) is 1. The summed E-state index contributed by atoms with van der Waals surface area (Å²) in [5, 5.41) is 12.1. The van der Waals surface area contributed by atoms with Gasteiger partial charge in [-0.15, -0.1) is 11.3 Å². The van der Waals surface area contributed by atoms with E-state index in [1.54, 1.807) is 30.3 Å². The molecule has 0 radical (unpaired) electrons. The number of benzene rings is 1. The van der Waals surface area contributed by atoms with E-state index in [0.29, 0.717) is 29.8 Å². The summed E-state index contributed by atoms with van der Waals surface area (Å²) in [6.07, 6.45) is 7.43. The highest BCUT2D eigenvalue weighted by Gasteiger charge is 2.36. The van der Waals surface area contributed by atoms with E-state index in [-0.39, 0.29) is 6.04 Å². The van der Waals surface area contributed by atoms with Crippen LogP contribution in [0.5, 0.6) is 0 Å².